The number of unbranched alkanes of at least 4 members (excludes halogenated alkanes) is 2. The number of nitrogens with zero attached hydrogens (tertiary/aromatic N) is 3. The van der Waals surface area contributed by atoms with Crippen LogP contribution >= 0.6 is 27.7 Å². The van der Waals surface area contributed by atoms with Crippen molar-refractivity contribution in [2.75, 3.05) is 11.1 Å². The van der Waals surface area contributed by atoms with Gasteiger partial charge in [-0.15, -0.1) is 10.2 Å². The van der Waals surface area contributed by atoms with Crippen molar-refractivity contribution >= 4 is 33.4 Å². The van der Waals surface area contributed by atoms with Crippen LogP contribution in [0.25, 0.3) is 11.3 Å². The van der Waals surface area contributed by atoms with Gasteiger partial charge in [-0.2, -0.15) is 4.98 Å². The molecule has 1 N–H and O–H groups in total. The summed E-state index contributed by atoms with van der Waals surface area (Å²) in [5, 5.41) is 13.1. The number of aromatic nitrogens is 3. The monoisotopic (exact) mass is 562 g/mol. The highest BCUT2D eigenvalue weighted by molar-refractivity contribution is 9.10. The summed E-state index contributed by atoms with van der Waals surface area (Å²) in [6, 6.07) is 24.0. The van der Waals surface area contributed by atoms with Crippen LogP contribution in [-0.2, 0) is 6.61 Å². The first-order valence-electron chi connectivity index (χ1n) is 12.1. The average molecular weight is 564 g/mol. The van der Waals surface area contributed by atoms with E-state index >= 15 is 0 Å². The van der Waals surface area contributed by atoms with Gasteiger partial charge in [-0.3, -0.25) is 0 Å². The van der Waals surface area contributed by atoms with Crippen LogP contribution in [0.2, 0.25) is 0 Å². The van der Waals surface area contributed by atoms with E-state index in [1.54, 1.807) is 11.8 Å². The fourth-order valence-corrected chi connectivity index (χ4v) is 5.11. The molecular weight excluding hydrogens is 536 g/mol. The van der Waals surface area contributed by atoms with Gasteiger partial charge in [0.15, 0.2) is 5.69 Å². The van der Waals surface area contributed by atoms with E-state index < -0.39 is 6.23 Å². The Morgan fingerprint density at radius 2 is 1.83 bits per heavy atom. The third-order valence-corrected chi connectivity index (χ3v) is 7.22. The molecule has 1 atom stereocenters. The minimum Gasteiger partial charge on any atom is -0.488 e. The Morgan fingerprint density at radius 3 is 2.69 bits per heavy atom. The molecule has 1 aromatic heterocycles. The molecule has 2 heterocycles. The minimum atomic E-state index is -0.537. The Balaban J connectivity index is 1.48. The SMILES string of the molecule is CCCCCSc1nnc2c(n1)O[C@H](c1cc(Br)ccc1OCc1ccccc1)Nc1ccccc1-2. The standard InChI is InChI=1S/C28H27BrN4O2S/c1-2-3-9-16-36-28-31-27-25(32-33-28)21-12-7-8-13-23(21)30-26(35-27)22-17-20(29)14-15-24(22)34-18-19-10-5-4-6-11-19/h4-8,10-15,17,26,30H,2-3,9,16,18H2,1H3/t26-/m1/s1. The van der Waals surface area contributed by atoms with E-state index in [0.29, 0.717) is 23.3 Å². The zero-order chi connectivity index (χ0) is 24.7. The highest BCUT2D eigenvalue weighted by Crippen LogP contribution is 2.41. The highest BCUT2D eigenvalue weighted by atomic mass is 79.9. The molecule has 1 aliphatic rings. The summed E-state index contributed by atoms with van der Waals surface area (Å²) in [5.74, 6) is 2.14. The van der Waals surface area contributed by atoms with Crippen LogP contribution in [0.3, 0.4) is 0 Å². The average Bonchev–Trinajstić information content (AvgIpc) is 3.07. The molecule has 36 heavy (non-hydrogen) atoms. The summed E-state index contributed by atoms with van der Waals surface area (Å²) in [5.41, 5.74) is 4.38. The zero-order valence-corrected chi connectivity index (χ0v) is 22.4. The summed E-state index contributed by atoms with van der Waals surface area (Å²) in [7, 11) is 0. The first kappa shape index (κ1) is 24.6. The van der Waals surface area contributed by atoms with Gasteiger partial charge in [0.2, 0.25) is 17.3 Å². The maximum Gasteiger partial charge on any atom is 0.247 e. The van der Waals surface area contributed by atoms with Gasteiger partial charge in [-0.1, -0.05) is 96.0 Å². The molecule has 0 saturated heterocycles. The molecule has 1 aliphatic heterocycles. The second-order valence-corrected chi connectivity index (χ2v) is 10.4. The number of fused-ring (bicyclic) bond motifs is 3. The lowest BCUT2D eigenvalue weighted by molar-refractivity contribution is 0.214. The summed E-state index contributed by atoms with van der Waals surface area (Å²) < 4.78 is 13.7. The van der Waals surface area contributed by atoms with E-state index in [2.05, 4.69) is 38.4 Å². The van der Waals surface area contributed by atoms with Gasteiger partial charge in [-0.25, -0.2) is 0 Å². The van der Waals surface area contributed by atoms with E-state index in [9.17, 15) is 0 Å². The summed E-state index contributed by atoms with van der Waals surface area (Å²) in [6.07, 6.45) is 2.95. The summed E-state index contributed by atoms with van der Waals surface area (Å²) >= 11 is 5.23. The van der Waals surface area contributed by atoms with Crippen LogP contribution in [0.5, 0.6) is 11.6 Å². The summed E-state index contributed by atoms with van der Waals surface area (Å²) in [6.45, 7) is 2.65. The molecule has 3 aromatic carbocycles. The number of para-hydroxylation sites is 1. The summed E-state index contributed by atoms with van der Waals surface area (Å²) in [4.78, 5) is 4.77. The van der Waals surface area contributed by atoms with Gasteiger partial charge in [0.25, 0.3) is 0 Å². The number of thioether (sulfide) groups is 1. The number of anilines is 1. The minimum absolute atomic E-state index is 0.456. The van der Waals surface area contributed by atoms with Crippen LogP contribution in [0.1, 0.15) is 43.5 Å². The fourth-order valence-electron chi connectivity index (χ4n) is 3.96. The molecule has 0 aliphatic carbocycles. The molecule has 184 valence electrons. The quantitative estimate of drug-likeness (QED) is 0.166. The molecule has 0 bridgehead atoms. The smallest absolute Gasteiger partial charge is 0.247 e. The molecule has 0 amide bonds. The number of hydrogen-bond donors (Lipinski definition) is 1. The van der Waals surface area contributed by atoms with E-state index in [4.69, 9.17) is 14.5 Å². The van der Waals surface area contributed by atoms with Crippen molar-refractivity contribution in [3.8, 4) is 22.9 Å². The number of halogens is 1. The van der Waals surface area contributed by atoms with Crippen molar-refractivity contribution in [3.05, 3.63) is 88.4 Å². The van der Waals surface area contributed by atoms with Crippen LogP contribution in [0.15, 0.2) is 82.4 Å². The van der Waals surface area contributed by atoms with E-state index in [0.717, 1.165) is 44.8 Å². The lowest BCUT2D eigenvalue weighted by Crippen LogP contribution is -2.18. The van der Waals surface area contributed by atoms with Crippen molar-refractivity contribution in [3.63, 3.8) is 0 Å². The maximum absolute atomic E-state index is 6.50. The van der Waals surface area contributed by atoms with Gasteiger partial charge >= 0.3 is 0 Å². The van der Waals surface area contributed by atoms with Crippen LogP contribution in [-0.4, -0.2) is 20.9 Å². The van der Waals surface area contributed by atoms with Crippen LogP contribution < -0.4 is 14.8 Å². The number of ether oxygens (including phenoxy) is 2. The fraction of sp³-hybridized carbons (Fsp3) is 0.250. The van der Waals surface area contributed by atoms with Crippen molar-refractivity contribution in [1.29, 1.82) is 0 Å². The topological polar surface area (TPSA) is 69.2 Å². The number of nitrogens with one attached hydrogen (secondary N) is 1. The lowest BCUT2D eigenvalue weighted by Gasteiger charge is -2.22. The molecule has 0 unspecified atom stereocenters. The molecule has 0 fully saturated rings. The molecule has 0 spiro atoms. The third kappa shape index (κ3) is 5.82. The van der Waals surface area contributed by atoms with E-state index in [-0.39, 0.29) is 0 Å². The molecule has 6 nitrogen and oxygen atoms in total. The van der Waals surface area contributed by atoms with Crippen molar-refractivity contribution in [1.82, 2.24) is 15.2 Å². The van der Waals surface area contributed by atoms with Crippen molar-refractivity contribution < 1.29 is 9.47 Å². The third-order valence-electron chi connectivity index (χ3n) is 5.80. The van der Waals surface area contributed by atoms with Crippen LogP contribution in [0.4, 0.5) is 5.69 Å². The second-order valence-electron chi connectivity index (χ2n) is 8.45. The van der Waals surface area contributed by atoms with Crippen molar-refractivity contribution in [2.45, 2.75) is 44.2 Å². The number of rotatable bonds is 9. The lowest BCUT2D eigenvalue weighted by atomic mass is 10.1. The van der Waals surface area contributed by atoms with Gasteiger partial charge in [0.1, 0.15) is 12.4 Å². The van der Waals surface area contributed by atoms with Gasteiger partial charge in [0, 0.05) is 21.5 Å². The Hall–Kier alpha value is -3.10. The maximum atomic E-state index is 6.50. The van der Waals surface area contributed by atoms with Gasteiger partial charge in [-0.05, 0) is 36.2 Å². The first-order valence-corrected chi connectivity index (χ1v) is 13.9. The Labute approximate surface area is 224 Å². The number of hydrogen-bond acceptors (Lipinski definition) is 7. The van der Waals surface area contributed by atoms with Gasteiger partial charge < -0.3 is 14.8 Å². The Morgan fingerprint density at radius 1 is 1.00 bits per heavy atom. The highest BCUT2D eigenvalue weighted by Gasteiger charge is 2.28. The molecule has 4 aromatic rings. The zero-order valence-electron chi connectivity index (χ0n) is 20.0. The molecule has 0 saturated carbocycles. The predicted molar refractivity (Wildman–Crippen MR) is 147 cm³/mol. The normalized spacial score (nSPS) is 14.1. The molecule has 5 rings (SSSR count). The predicted octanol–water partition coefficient (Wildman–Crippen LogP) is 7.67. The van der Waals surface area contributed by atoms with Crippen molar-refractivity contribution in [2.24, 2.45) is 0 Å². The number of benzene rings is 3. The molecular formula is C28H27BrN4O2S. The molecule has 0 radical (unpaired) electrons. The second kappa shape index (κ2) is 11.8. The Kier molecular flexibility index (Phi) is 8.03. The largest absolute Gasteiger partial charge is 0.488 e. The van der Waals surface area contributed by atoms with E-state index in [1.165, 1.54) is 12.8 Å². The van der Waals surface area contributed by atoms with Crippen LogP contribution in [0, 0.1) is 0 Å². The Bertz CT molecular complexity index is 1320. The molecule has 8 heteroatoms. The van der Waals surface area contributed by atoms with E-state index in [1.807, 2.05) is 72.8 Å². The van der Waals surface area contributed by atoms with Gasteiger partial charge in [0.05, 0.1) is 5.56 Å². The first-order chi connectivity index (χ1) is 17.7.